The Labute approximate surface area is 136 Å². The Hall–Kier alpha value is -2.20. The van der Waals surface area contributed by atoms with Crippen LogP contribution in [0.2, 0.25) is 0 Å². The van der Waals surface area contributed by atoms with Gasteiger partial charge < -0.3 is 10.2 Å². The van der Waals surface area contributed by atoms with Crippen molar-refractivity contribution in [1.82, 2.24) is 4.90 Å². The summed E-state index contributed by atoms with van der Waals surface area (Å²) in [5.74, 6) is 0.147. The van der Waals surface area contributed by atoms with E-state index in [2.05, 4.69) is 34.5 Å². The van der Waals surface area contributed by atoms with Crippen LogP contribution in [-0.2, 0) is 4.79 Å². The normalized spacial score (nSPS) is 18.0. The number of benzene rings is 2. The van der Waals surface area contributed by atoms with Crippen LogP contribution in [0.15, 0.2) is 54.6 Å². The van der Waals surface area contributed by atoms with Gasteiger partial charge in [0.25, 0.3) is 0 Å². The summed E-state index contributed by atoms with van der Waals surface area (Å²) < 4.78 is 13.1. The number of anilines is 1. The van der Waals surface area contributed by atoms with Gasteiger partial charge in [-0.15, -0.1) is 0 Å². The van der Waals surface area contributed by atoms with Crippen molar-refractivity contribution in [3.8, 4) is 0 Å². The van der Waals surface area contributed by atoms with E-state index in [0.29, 0.717) is 18.0 Å². The summed E-state index contributed by atoms with van der Waals surface area (Å²) >= 11 is 0. The van der Waals surface area contributed by atoms with Crippen LogP contribution < -0.4 is 5.32 Å². The average Bonchev–Trinajstić information content (AvgIpc) is 3.03. The zero-order valence-corrected chi connectivity index (χ0v) is 13.0. The molecule has 23 heavy (non-hydrogen) atoms. The largest absolute Gasteiger partial charge is 0.326 e. The number of hydrogen-bond acceptors (Lipinski definition) is 2. The summed E-state index contributed by atoms with van der Waals surface area (Å²) in [5, 5.41) is 2.74. The lowest BCUT2D eigenvalue weighted by molar-refractivity contribution is -0.116. The highest BCUT2D eigenvalue weighted by Crippen LogP contribution is 2.26. The molecule has 0 bridgehead atoms. The van der Waals surface area contributed by atoms with Gasteiger partial charge in [-0.1, -0.05) is 36.4 Å². The lowest BCUT2D eigenvalue weighted by Gasteiger charge is -2.16. The van der Waals surface area contributed by atoms with E-state index in [1.54, 1.807) is 12.1 Å². The van der Waals surface area contributed by atoms with Gasteiger partial charge in [-0.05, 0) is 42.6 Å². The Morgan fingerprint density at radius 1 is 1.17 bits per heavy atom. The van der Waals surface area contributed by atoms with Crippen molar-refractivity contribution in [1.29, 1.82) is 0 Å². The van der Waals surface area contributed by atoms with Crippen molar-refractivity contribution in [2.24, 2.45) is 0 Å². The first-order valence-corrected chi connectivity index (χ1v) is 8.03. The third-order valence-corrected chi connectivity index (χ3v) is 4.31. The minimum Gasteiger partial charge on any atom is -0.326 e. The molecular weight excluding hydrogens is 291 g/mol. The van der Waals surface area contributed by atoms with Crippen molar-refractivity contribution >= 4 is 11.6 Å². The van der Waals surface area contributed by atoms with Gasteiger partial charge in [-0.2, -0.15) is 0 Å². The van der Waals surface area contributed by atoms with Gasteiger partial charge in [0.15, 0.2) is 0 Å². The molecule has 3 nitrogen and oxygen atoms in total. The molecule has 1 aliphatic heterocycles. The number of halogens is 1. The Bertz CT molecular complexity index is 659. The molecule has 1 N–H and O–H groups in total. The first kappa shape index (κ1) is 15.7. The number of nitrogens with zero attached hydrogens (tertiary/aromatic N) is 1. The van der Waals surface area contributed by atoms with E-state index in [1.165, 1.54) is 17.7 Å². The summed E-state index contributed by atoms with van der Waals surface area (Å²) in [4.78, 5) is 14.3. The summed E-state index contributed by atoms with van der Waals surface area (Å²) in [6.45, 7) is 2.76. The van der Waals surface area contributed by atoms with Gasteiger partial charge in [0, 0.05) is 25.2 Å². The molecule has 2 aromatic rings. The van der Waals surface area contributed by atoms with E-state index < -0.39 is 0 Å². The fourth-order valence-electron chi connectivity index (χ4n) is 3.08. The van der Waals surface area contributed by atoms with Gasteiger partial charge >= 0.3 is 0 Å². The van der Waals surface area contributed by atoms with Crippen LogP contribution in [0.1, 0.15) is 24.3 Å². The number of rotatable bonds is 5. The quantitative estimate of drug-likeness (QED) is 0.914. The molecular formula is C19H21FN2O. The predicted octanol–water partition coefficient (Wildman–Crippen LogP) is 3.64. The molecule has 1 saturated heterocycles. The first-order valence-electron chi connectivity index (χ1n) is 8.03. The summed E-state index contributed by atoms with van der Waals surface area (Å²) in [6, 6.07) is 16.5. The number of hydrogen-bond donors (Lipinski definition) is 1. The highest BCUT2D eigenvalue weighted by molar-refractivity contribution is 5.90. The van der Waals surface area contributed by atoms with Gasteiger partial charge in [-0.25, -0.2) is 4.39 Å². The third kappa shape index (κ3) is 4.39. The maximum Gasteiger partial charge on any atom is 0.225 e. The van der Waals surface area contributed by atoms with Crippen LogP contribution >= 0.6 is 0 Å². The zero-order valence-electron chi connectivity index (χ0n) is 13.0. The van der Waals surface area contributed by atoms with Crippen molar-refractivity contribution < 1.29 is 9.18 Å². The third-order valence-electron chi connectivity index (χ3n) is 4.31. The molecule has 0 unspecified atom stereocenters. The highest BCUT2D eigenvalue weighted by atomic mass is 19.1. The molecule has 0 aliphatic carbocycles. The van der Waals surface area contributed by atoms with Gasteiger partial charge in [0.1, 0.15) is 5.82 Å². The van der Waals surface area contributed by atoms with E-state index in [-0.39, 0.29) is 11.7 Å². The fourth-order valence-corrected chi connectivity index (χ4v) is 3.08. The molecule has 0 spiro atoms. The van der Waals surface area contributed by atoms with Crippen molar-refractivity contribution in [3.63, 3.8) is 0 Å². The second-order valence-electron chi connectivity index (χ2n) is 6.01. The van der Waals surface area contributed by atoms with Crippen LogP contribution in [0.4, 0.5) is 10.1 Å². The zero-order chi connectivity index (χ0) is 16.1. The molecule has 0 saturated carbocycles. The van der Waals surface area contributed by atoms with Crippen molar-refractivity contribution in [2.75, 3.05) is 25.0 Å². The monoisotopic (exact) mass is 312 g/mol. The van der Waals surface area contributed by atoms with Gasteiger partial charge in [0.2, 0.25) is 5.91 Å². The lowest BCUT2D eigenvalue weighted by atomic mass is 9.99. The van der Waals surface area contributed by atoms with Crippen molar-refractivity contribution in [3.05, 3.63) is 66.0 Å². The Balaban J connectivity index is 1.45. The SMILES string of the molecule is O=C(CCN1CC[C@@H](c2ccccc2)C1)Nc1cccc(F)c1. The fraction of sp³-hybridized carbons (Fsp3) is 0.316. The van der Waals surface area contributed by atoms with Crippen LogP contribution in [0.25, 0.3) is 0 Å². The molecule has 1 heterocycles. The number of carbonyl (C=O) groups is 1. The summed E-state index contributed by atoms with van der Waals surface area (Å²) in [7, 11) is 0. The number of nitrogens with one attached hydrogen (secondary N) is 1. The maximum atomic E-state index is 13.1. The average molecular weight is 312 g/mol. The van der Waals surface area contributed by atoms with Gasteiger partial charge in [-0.3, -0.25) is 4.79 Å². The first-order chi connectivity index (χ1) is 11.2. The van der Waals surface area contributed by atoms with Crippen LogP contribution in [-0.4, -0.2) is 30.4 Å². The maximum absolute atomic E-state index is 13.1. The highest BCUT2D eigenvalue weighted by Gasteiger charge is 2.23. The van der Waals surface area contributed by atoms with E-state index in [1.807, 2.05) is 6.07 Å². The molecule has 0 aromatic heterocycles. The van der Waals surface area contributed by atoms with Crippen LogP contribution in [0, 0.1) is 5.82 Å². The van der Waals surface area contributed by atoms with Crippen LogP contribution in [0.5, 0.6) is 0 Å². The standard InChI is InChI=1S/C19H21FN2O/c20-17-7-4-8-18(13-17)21-19(23)10-12-22-11-9-16(14-22)15-5-2-1-3-6-15/h1-8,13,16H,9-12,14H2,(H,21,23)/t16-/m1/s1. The molecule has 1 aliphatic rings. The number of amides is 1. The predicted molar refractivity (Wildman–Crippen MR) is 89.9 cm³/mol. The van der Waals surface area contributed by atoms with E-state index >= 15 is 0 Å². The smallest absolute Gasteiger partial charge is 0.225 e. The number of carbonyl (C=O) groups excluding carboxylic acids is 1. The molecule has 0 radical (unpaired) electrons. The van der Waals surface area contributed by atoms with Gasteiger partial charge in [0.05, 0.1) is 0 Å². The van der Waals surface area contributed by atoms with Crippen molar-refractivity contribution in [2.45, 2.75) is 18.8 Å². The second kappa shape index (κ2) is 7.38. The molecule has 1 fully saturated rings. The molecule has 1 amide bonds. The molecule has 1 atom stereocenters. The molecule has 2 aromatic carbocycles. The molecule has 4 heteroatoms. The lowest BCUT2D eigenvalue weighted by Crippen LogP contribution is -2.25. The Kier molecular flexibility index (Phi) is 5.03. The summed E-state index contributed by atoms with van der Waals surface area (Å²) in [6.07, 6.45) is 1.56. The van der Waals surface area contributed by atoms with E-state index in [9.17, 15) is 9.18 Å². The Morgan fingerprint density at radius 3 is 2.78 bits per heavy atom. The van der Waals surface area contributed by atoms with Crippen LogP contribution in [0.3, 0.4) is 0 Å². The second-order valence-corrected chi connectivity index (χ2v) is 6.01. The minimum absolute atomic E-state index is 0.0706. The van der Waals surface area contributed by atoms with E-state index in [4.69, 9.17) is 0 Å². The number of likely N-dealkylation sites (tertiary alicyclic amines) is 1. The van der Waals surface area contributed by atoms with E-state index in [0.717, 1.165) is 26.1 Å². The molecule has 3 rings (SSSR count). The topological polar surface area (TPSA) is 32.3 Å². The minimum atomic E-state index is -0.340. The summed E-state index contributed by atoms with van der Waals surface area (Å²) in [5.41, 5.74) is 1.89. The Morgan fingerprint density at radius 2 is 2.00 bits per heavy atom. The molecule has 120 valence electrons.